The van der Waals surface area contributed by atoms with E-state index in [9.17, 15) is 14.4 Å². The fraction of sp³-hybridized carbons (Fsp3) is 0.105. The summed E-state index contributed by atoms with van der Waals surface area (Å²) in [6, 6.07) is 9.04. The molecule has 0 radical (unpaired) electrons. The molecule has 138 valence electrons. The molecule has 1 heterocycles. The Labute approximate surface area is 168 Å². The number of carbonyl (C=O) groups excluding carboxylic acids is 3. The molecule has 2 aromatic rings. The monoisotopic (exact) mass is 448 g/mol. The summed E-state index contributed by atoms with van der Waals surface area (Å²) in [6.45, 7) is 1.83. The van der Waals surface area contributed by atoms with Crippen molar-refractivity contribution < 1.29 is 19.1 Å². The van der Waals surface area contributed by atoms with Crippen LogP contribution in [-0.2, 0) is 9.59 Å². The summed E-state index contributed by atoms with van der Waals surface area (Å²) < 4.78 is 6.08. The lowest BCUT2D eigenvalue weighted by atomic mass is 10.1. The van der Waals surface area contributed by atoms with Crippen LogP contribution in [0.15, 0.2) is 46.4 Å². The predicted octanol–water partition coefficient (Wildman–Crippen LogP) is 4.09. The van der Waals surface area contributed by atoms with Crippen LogP contribution >= 0.6 is 27.5 Å². The fourth-order valence-corrected chi connectivity index (χ4v) is 3.06. The van der Waals surface area contributed by atoms with Gasteiger partial charge in [-0.3, -0.25) is 14.9 Å². The van der Waals surface area contributed by atoms with Crippen molar-refractivity contribution in [2.75, 3.05) is 12.0 Å². The second-order valence-electron chi connectivity index (χ2n) is 5.78. The number of barbiturate groups is 1. The van der Waals surface area contributed by atoms with Gasteiger partial charge in [0, 0.05) is 15.1 Å². The lowest BCUT2D eigenvalue weighted by Crippen LogP contribution is -2.54. The number of imide groups is 2. The SMILES string of the molecule is COc1ccc(Cl)cc1/C=C1\C(=O)NC(=O)N(c2ccc(Br)c(C)c2)C1=O. The highest BCUT2D eigenvalue weighted by Crippen LogP contribution is 2.29. The quantitative estimate of drug-likeness (QED) is 0.566. The topological polar surface area (TPSA) is 75.7 Å². The summed E-state index contributed by atoms with van der Waals surface area (Å²) in [5.41, 5.74) is 1.45. The molecule has 1 N–H and O–H groups in total. The van der Waals surface area contributed by atoms with Crippen LogP contribution in [0.1, 0.15) is 11.1 Å². The first-order chi connectivity index (χ1) is 12.8. The van der Waals surface area contributed by atoms with E-state index in [-0.39, 0.29) is 5.57 Å². The van der Waals surface area contributed by atoms with Gasteiger partial charge in [-0.2, -0.15) is 0 Å². The standard InChI is InChI=1S/C19H14BrClN2O4/c1-10-7-13(4-5-15(10)20)23-18(25)14(17(24)22-19(23)26)9-11-8-12(21)3-6-16(11)27-2/h3-9H,1-2H3,(H,22,24,26)/b14-9+. The third-order valence-corrected chi connectivity index (χ3v) is 5.12. The minimum atomic E-state index is -0.804. The summed E-state index contributed by atoms with van der Waals surface area (Å²) in [5.74, 6) is -1.07. The number of hydrogen-bond donors (Lipinski definition) is 1. The average molecular weight is 450 g/mol. The summed E-state index contributed by atoms with van der Waals surface area (Å²) in [6.07, 6.45) is 1.35. The number of hydrogen-bond acceptors (Lipinski definition) is 4. The average Bonchev–Trinajstić information content (AvgIpc) is 2.61. The predicted molar refractivity (Wildman–Crippen MR) is 106 cm³/mol. The second kappa shape index (κ2) is 7.54. The van der Waals surface area contributed by atoms with Crippen molar-refractivity contribution in [3.8, 4) is 5.75 Å². The van der Waals surface area contributed by atoms with Gasteiger partial charge >= 0.3 is 6.03 Å². The number of rotatable bonds is 3. The number of anilines is 1. The Kier molecular flexibility index (Phi) is 5.34. The van der Waals surface area contributed by atoms with Crippen LogP contribution in [0.4, 0.5) is 10.5 Å². The lowest BCUT2D eigenvalue weighted by Gasteiger charge is -2.26. The molecule has 0 atom stereocenters. The second-order valence-corrected chi connectivity index (χ2v) is 7.07. The molecule has 2 aromatic carbocycles. The molecule has 0 bridgehead atoms. The molecule has 4 amide bonds. The van der Waals surface area contributed by atoms with Crippen LogP contribution in [0.5, 0.6) is 5.75 Å². The van der Waals surface area contributed by atoms with Gasteiger partial charge < -0.3 is 4.74 Å². The number of carbonyl (C=O) groups is 3. The summed E-state index contributed by atoms with van der Waals surface area (Å²) in [4.78, 5) is 38.4. The first-order valence-corrected chi connectivity index (χ1v) is 9.00. The summed E-state index contributed by atoms with van der Waals surface area (Å²) >= 11 is 9.38. The van der Waals surface area contributed by atoms with E-state index in [1.807, 2.05) is 6.92 Å². The fourth-order valence-electron chi connectivity index (χ4n) is 2.63. The minimum Gasteiger partial charge on any atom is -0.496 e. The zero-order chi connectivity index (χ0) is 19.7. The van der Waals surface area contributed by atoms with Crippen molar-refractivity contribution in [3.63, 3.8) is 0 Å². The van der Waals surface area contributed by atoms with E-state index in [1.54, 1.807) is 36.4 Å². The molecule has 8 heteroatoms. The molecule has 1 aliphatic rings. The van der Waals surface area contributed by atoms with Gasteiger partial charge in [-0.05, 0) is 55.0 Å². The van der Waals surface area contributed by atoms with Gasteiger partial charge in [-0.15, -0.1) is 0 Å². The van der Waals surface area contributed by atoms with Gasteiger partial charge in [0.05, 0.1) is 12.8 Å². The van der Waals surface area contributed by atoms with Crippen molar-refractivity contribution in [2.24, 2.45) is 0 Å². The maximum Gasteiger partial charge on any atom is 0.335 e. The van der Waals surface area contributed by atoms with Crippen molar-refractivity contribution >= 4 is 57.1 Å². The van der Waals surface area contributed by atoms with E-state index in [0.717, 1.165) is 14.9 Å². The molecule has 0 spiro atoms. The minimum absolute atomic E-state index is 0.198. The van der Waals surface area contributed by atoms with Crippen LogP contribution in [0.2, 0.25) is 5.02 Å². The van der Waals surface area contributed by atoms with Crippen molar-refractivity contribution in [2.45, 2.75) is 6.92 Å². The van der Waals surface area contributed by atoms with E-state index in [0.29, 0.717) is 22.0 Å². The Morgan fingerprint density at radius 3 is 2.56 bits per heavy atom. The number of nitrogens with zero attached hydrogens (tertiary/aromatic N) is 1. The molecule has 3 rings (SSSR count). The van der Waals surface area contributed by atoms with Gasteiger partial charge in [-0.1, -0.05) is 27.5 Å². The van der Waals surface area contributed by atoms with Gasteiger partial charge in [-0.25, -0.2) is 9.69 Å². The number of urea groups is 1. The Morgan fingerprint density at radius 1 is 1.15 bits per heavy atom. The normalized spacial score (nSPS) is 15.9. The molecule has 6 nitrogen and oxygen atoms in total. The highest BCUT2D eigenvalue weighted by molar-refractivity contribution is 9.10. The molecule has 1 fully saturated rings. The zero-order valence-corrected chi connectivity index (χ0v) is 16.7. The molecular weight excluding hydrogens is 436 g/mol. The van der Waals surface area contributed by atoms with Gasteiger partial charge in [0.15, 0.2) is 0 Å². The van der Waals surface area contributed by atoms with Crippen LogP contribution in [0, 0.1) is 6.92 Å². The van der Waals surface area contributed by atoms with E-state index >= 15 is 0 Å². The van der Waals surface area contributed by atoms with Crippen molar-refractivity contribution in [1.82, 2.24) is 5.32 Å². The molecule has 0 saturated carbocycles. The smallest absolute Gasteiger partial charge is 0.335 e. The maximum atomic E-state index is 12.9. The number of nitrogens with one attached hydrogen (secondary N) is 1. The molecule has 0 unspecified atom stereocenters. The van der Waals surface area contributed by atoms with E-state index in [4.69, 9.17) is 16.3 Å². The number of halogens is 2. The van der Waals surface area contributed by atoms with Crippen LogP contribution < -0.4 is 15.0 Å². The Morgan fingerprint density at radius 2 is 1.89 bits per heavy atom. The van der Waals surface area contributed by atoms with Gasteiger partial charge in [0.2, 0.25) is 0 Å². The first kappa shape index (κ1) is 19.1. The van der Waals surface area contributed by atoms with Crippen molar-refractivity contribution in [1.29, 1.82) is 0 Å². The first-order valence-electron chi connectivity index (χ1n) is 7.83. The zero-order valence-electron chi connectivity index (χ0n) is 14.4. The number of amides is 4. The Hall–Kier alpha value is -2.64. The largest absolute Gasteiger partial charge is 0.496 e. The third kappa shape index (κ3) is 3.74. The van der Waals surface area contributed by atoms with Gasteiger partial charge in [0.25, 0.3) is 11.8 Å². The Balaban J connectivity index is 2.07. The molecular formula is C19H14BrClN2O4. The van der Waals surface area contributed by atoms with Crippen LogP contribution in [0.3, 0.4) is 0 Å². The van der Waals surface area contributed by atoms with E-state index in [2.05, 4.69) is 21.2 Å². The lowest BCUT2D eigenvalue weighted by molar-refractivity contribution is -0.122. The molecule has 1 saturated heterocycles. The van der Waals surface area contributed by atoms with E-state index in [1.165, 1.54) is 13.2 Å². The Bertz CT molecular complexity index is 1000. The molecule has 1 aliphatic heterocycles. The number of methoxy groups -OCH3 is 1. The highest BCUT2D eigenvalue weighted by atomic mass is 79.9. The number of benzene rings is 2. The number of aryl methyl sites for hydroxylation is 1. The van der Waals surface area contributed by atoms with E-state index < -0.39 is 17.8 Å². The molecule has 0 aliphatic carbocycles. The van der Waals surface area contributed by atoms with Crippen LogP contribution in [0.25, 0.3) is 6.08 Å². The summed E-state index contributed by atoms with van der Waals surface area (Å²) in [7, 11) is 1.47. The van der Waals surface area contributed by atoms with Crippen LogP contribution in [-0.4, -0.2) is 25.0 Å². The maximum absolute atomic E-state index is 12.9. The third-order valence-electron chi connectivity index (χ3n) is 3.99. The number of ether oxygens (including phenoxy) is 1. The van der Waals surface area contributed by atoms with Crippen molar-refractivity contribution in [3.05, 3.63) is 62.6 Å². The highest BCUT2D eigenvalue weighted by Gasteiger charge is 2.37. The molecule has 0 aromatic heterocycles. The summed E-state index contributed by atoms with van der Waals surface area (Å²) in [5, 5.41) is 2.61. The van der Waals surface area contributed by atoms with Gasteiger partial charge in [0.1, 0.15) is 11.3 Å². The molecule has 27 heavy (non-hydrogen) atoms.